The highest BCUT2D eigenvalue weighted by Gasteiger charge is 2.16. The Morgan fingerprint density at radius 1 is 1.46 bits per heavy atom. The Morgan fingerprint density at radius 3 is 2.62 bits per heavy atom. The molecule has 0 unspecified atom stereocenters. The van der Waals surface area contributed by atoms with Gasteiger partial charge in [-0.15, -0.1) is 0 Å². The van der Waals surface area contributed by atoms with Crippen LogP contribution in [0.3, 0.4) is 0 Å². The van der Waals surface area contributed by atoms with Gasteiger partial charge in [0.25, 0.3) is 0 Å². The third-order valence-corrected chi connectivity index (χ3v) is 2.42. The molecule has 1 amide bonds. The maximum atomic E-state index is 11.5. The molecule has 0 radical (unpaired) electrons. The first-order valence-electron chi connectivity index (χ1n) is 4.81. The van der Waals surface area contributed by atoms with E-state index in [1.807, 2.05) is 0 Å². The van der Waals surface area contributed by atoms with E-state index >= 15 is 0 Å². The second-order valence-corrected chi connectivity index (χ2v) is 3.52. The number of aliphatic hydroxyl groups is 1. The molecule has 0 bridgehead atoms. The highest BCUT2D eigenvalue weighted by Crippen LogP contribution is 2.06. The van der Waals surface area contributed by atoms with Crippen LogP contribution < -0.4 is 0 Å². The van der Waals surface area contributed by atoms with Gasteiger partial charge in [-0.1, -0.05) is 0 Å². The minimum Gasteiger partial charge on any atom is -0.395 e. The molecular weight excluding hydrogens is 168 g/mol. The van der Waals surface area contributed by atoms with Crippen molar-refractivity contribution < 1.29 is 9.90 Å². The molecule has 0 aromatic rings. The Morgan fingerprint density at radius 2 is 2.08 bits per heavy atom. The predicted molar refractivity (Wildman–Crippen MR) is 50.4 cm³/mol. The van der Waals surface area contributed by atoms with Crippen LogP contribution in [0.4, 0.5) is 0 Å². The number of nitrogens with zero attached hydrogens (tertiary/aromatic N) is 2. The minimum atomic E-state index is 0.0439. The fourth-order valence-corrected chi connectivity index (χ4v) is 1.53. The quantitative estimate of drug-likeness (QED) is 0.645. The van der Waals surface area contributed by atoms with E-state index in [-0.39, 0.29) is 12.5 Å². The number of hydrogen-bond donors (Lipinski definition) is 1. The van der Waals surface area contributed by atoms with Gasteiger partial charge in [-0.2, -0.15) is 0 Å². The third kappa shape index (κ3) is 3.32. The molecule has 1 fully saturated rings. The van der Waals surface area contributed by atoms with E-state index in [1.165, 1.54) is 12.8 Å². The average molecular weight is 186 g/mol. The largest absolute Gasteiger partial charge is 0.395 e. The summed E-state index contributed by atoms with van der Waals surface area (Å²) in [6.07, 6.45) is 2.41. The molecule has 1 saturated heterocycles. The average Bonchev–Trinajstić information content (AvgIpc) is 2.57. The van der Waals surface area contributed by atoms with E-state index in [0.717, 1.165) is 13.1 Å². The molecule has 1 rings (SSSR count). The summed E-state index contributed by atoms with van der Waals surface area (Å²) in [4.78, 5) is 15.2. The highest BCUT2D eigenvalue weighted by atomic mass is 16.3. The molecule has 1 aliphatic heterocycles. The molecule has 0 saturated carbocycles. The first kappa shape index (κ1) is 10.5. The molecule has 1 N–H and O–H groups in total. The Hall–Kier alpha value is -0.610. The maximum Gasteiger partial charge on any atom is 0.236 e. The van der Waals surface area contributed by atoms with Crippen LogP contribution in [-0.4, -0.2) is 60.6 Å². The zero-order valence-electron chi connectivity index (χ0n) is 8.20. The molecule has 0 spiro atoms. The van der Waals surface area contributed by atoms with Gasteiger partial charge in [-0.25, -0.2) is 0 Å². The van der Waals surface area contributed by atoms with Crippen molar-refractivity contribution >= 4 is 5.91 Å². The van der Waals surface area contributed by atoms with Crippen LogP contribution in [0, 0.1) is 0 Å². The fourth-order valence-electron chi connectivity index (χ4n) is 1.53. The maximum absolute atomic E-state index is 11.5. The van der Waals surface area contributed by atoms with Crippen molar-refractivity contribution in [1.29, 1.82) is 0 Å². The molecule has 76 valence electrons. The molecular formula is C9H18N2O2. The first-order valence-corrected chi connectivity index (χ1v) is 4.81. The lowest BCUT2D eigenvalue weighted by Crippen LogP contribution is -2.38. The van der Waals surface area contributed by atoms with E-state index < -0.39 is 0 Å². The van der Waals surface area contributed by atoms with Crippen molar-refractivity contribution in [2.45, 2.75) is 12.8 Å². The summed E-state index contributed by atoms with van der Waals surface area (Å²) < 4.78 is 0. The van der Waals surface area contributed by atoms with Gasteiger partial charge >= 0.3 is 0 Å². The van der Waals surface area contributed by atoms with Gasteiger partial charge in [-0.3, -0.25) is 9.69 Å². The van der Waals surface area contributed by atoms with Crippen LogP contribution in [0.2, 0.25) is 0 Å². The summed E-state index contributed by atoms with van der Waals surface area (Å²) in [7, 11) is 1.73. The number of hydrogen-bond acceptors (Lipinski definition) is 3. The van der Waals surface area contributed by atoms with Crippen molar-refractivity contribution in [3.8, 4) is 0 Å². The molecule has 1 heterocycles. The Balaban J connectivity index is 2.22. The smallest absolute Gasteiger partial charge is 0.236 e. The van der Waals surface area contributed by atoms with Crippen LogP contribution in [0.25, 0.3) is 0 Å². The van der Waals surface area contributed by atoms with Gasteiger partial charge in [0.2, 0.25) is 5.91 Å². The van der Waals surface area contributed by atoms with E-state index in [2.05, 4.69) is 4.90 Å². The van der Waals surface area contributed by atoms with Crippen molar-refractivity contribution in [2.24, 2.45) is 0 Å². The number of carbonyl (C=O) groups is 1. The molecule has 0 aliphatic carbocycles. The molecule has 13 heavy (non-hydrogen) atoms. The number of amides is 1. The number of likely N-dealkylation sites (N-methyl/N-ethyl adjacent to an activating group) is 1. The molecule has 0 atom stereocenters. The number of carbonyl (C=O) groups excluding carboxylic acids is 1. The minimum absolute atomic E-state index is 0.0439. The Bertz CT molecular complexity index is 167. The highest BCUT2D eigenvalue weighted by molar-refractivity contribution is 5.77. The second kappa shape index (κ2) is 5.19. The zero-order chi connectivity index (χ0) is 9.68. The van der Waals surface area contributed by atoms with Crippen LogP contribution in [0.15, 0.2) is 0 Å². The monoisotopic (exact) mass is 186 g/mol. The van der Waals surface area contributed by atoms with Crippen LogP contribution in [-0.2, 0) is 4.79 Å². The van der Waals surface area contributed by atoms with Crippen molar-refractivity contribution in [1.82, 2.24) is 9.80 Å². The SMILES string of the molecule is CN(CCO)C(=O)CN1CCCC1. The van der Waals surface area contributed by atoms with Crippen LogP contribution in [0.1, 0.15) is 12.8 Å². The predicted octanol–water partition coefficient (Wildman–Crippen LogP) is -0.467. The van der Waals surface area contributed by atoms with Gasteiger partial charge in [0.05, 0.1) is 13.2 Å². The summed E-state index contributed by atoms with van der Waals surface area (Å²) in [5, 5.41) is 8.64. The topological polar surface area (TPSA) is 43.8 Å². The summed E-state index contributed by atoms with van der Waals surface area (Å²) in [6, 6.07) is 0. The molecule has 4 heteroatoms. The molecule has 0 aromatic heterocycles. The van der Waals surface area contributed by atoms with Crippen molar-refractivity contribution in [2.75, 3.05) is 39.8 Å². The lowest BCUT2D eigenvalue weighted by atomic mass is 10.4. The second-order valence-electron chi connectivity index (χ2n) is 3.52. The molecule has 1 aliphatic rings. The summed E-state index contributed by atoms with van der Waals surface area (Å²) >= 11 is 0. The van der Waals surface area contributed by atoms with Crippen molar-refractivity contribution in [3.63, 3.8) is 0 Å². The first-order chi connectivity index (χ1) is 6.24. The van der Waals surface area contributed by atoms with Gasteiger partial charge < -0.3 is 10.0 Å². The normalized spacial score (nSPS) is 17.7. The summed E-state index contributed by atoms with van der Waals surface area (Å²) in [5.74, 6) is 0.107. The summed E-state index contributed by atoms with van der Waals surface area (Å²) in [5.41, 5.74) is 0. The van der Waals surface area contributed by atoms with E-state index in [4.69, 9.17) is 5.11 Å². The summed E-state index contributed by atoms with van der Waals surface area (Å²) in [6.45, 7) is 3.07. The Kier molecular flexibility index (Phi) is 4.18. The van der Waals surface area contributed by atoms with Crippen LogP contribution in [0.5, 0.6) is 0 Å². The number of rotatable bonds is 4. The lowest BCUT2D eigenvalue weighted by Gasteiger charge is -2.20. The Labute approximate surface area is 79.1 Å². The van der Waals surface area contributed by atoms with E-state index in [1.54, 1.807) is 11.9 Å². The van der Waals surface area contributed by atoms with Gasteiger partial charge in [0.1, 0.15) is 0 Å². The number of aliphatic hydroxyl groups excluding tert-OH is 1. The van der Waals surface area contributed by atoms with Gasteiger partial charge in [0, 0.05) is 13.6 Å². The molecule has 4 nitrogen and oxygen atoms in total. The standard InChI is InChI=1S/C9H18N2O2/c1-10(6-7-12)9(13)8-11-4-2-3-5-11/h12H,2-8H2,1H3. The van der Waals surface area contributed by atoms with Crippen LogP contribution >= 0.6 is 0 Å². The van der Waals surface area contributed by atoms with Gasteiger partial charge in [0.15, 0.2) is 0 Å². The zero-order valence-corrected chi connectivity index (χ0v) is 8.20. The fraction of sp³-hybridized carbons (Fsp3) is 0.889. The van der Waals surface area contributed by atoms with E-state index in [0.29, 0.717) is 13.1 Å². The third-order valence-electron chi connectivity index (χ3n) is 2.42. The lowest BCUT2D eigenvalue weighted by molar-refractivity contribution is -0.131. The van der Waals surface area contributed by atoms with Crippen molar-refractivity contribution in [3.05, 3.63) is 0 Å². The molecule has 0 aromatic carbocycles. The van der Waals surface area contributed by atoms with Gasteiger partial charge in [-0.05, 0) is 25.9 Å². The number of likely N-dealkylation sites (tertiary alicyclic amines) is 1. The van der Waals surface area contributed by atoms with E-state index in [9.17, 15) is 4.79 Å².